The van der Waals surface area contributed by atoms with Crippen molar-refractivity contribution in [3.63, 3.8) is 0 Å². The number of hydrogen-bond acceptors (Lipinski definition) is 4. The lowest BCUT2D eigenvalue weighted by molar-refractivity contribution is -0.139. The fraction of sp³-hybridized carbons (Fsp3) is 0.417. The first-order chi connectivity index (χ1) is 15.3. The normalized spacial score (nSPS) is 12.4. The summed E-state index contributed by atoms with van der Waals surface area (Å²) in [5.41, 5.74) is 2.90. The van der Waals surface area contributed by atoms with Gasteiger partial charge in [0.1, 0.15) is 12.6 Å². The maximum Gasteiger partial charge on any atom is 0.244 e. The Morgan fingerprint density at radius 1 is 1.03 bits per heavy atom. The highest BCUT2D eigenvalue weighted by molar-refractivity contribution is 9.10. The average Bonchev–Trinajstić information content (AvgIpc) is 2.71. The molecule has 7 nitrogen and oxygen atoms in total. The number of rotatable bonds is 9. The number of benzene rings is 2. The summed E-state index contributed by atoms with van der Waals surface area (Å²) in [7, 11) is -3.75. The summed E-state index contributed by atoms with van der Waals surface area (Å²) >= 11 is 3.39. The summed E-state index contributed by atoms with van der Waals surface area (Å²) < 4.78 is 27.3. The molecule has 0 aliphatic rings. The third kappa shape index (κ3) is 7.57. The van der Waals surface area contributed by atoms with E-state index in [0.29, 0.717) is 5.69 Å². The lowest BCUT2D eigenvalue weighted by Crippen LogP contribution is -2.52. The smallest absolute Gasteiger partial charge is 0.244 e. The quantitative estimate of drug-likeness (QED) is 0.527. The predicted octanol–water partition coefficient (Wildman–Crippen LogP) is 3.77. The zero-order chi connectivity index (χ0) is 24.9. The molecular weight excluding hydrogens is 506 g/mol. The van der Waals surface area contributed by atoms with Gasteiger partial charge in [0.05, 0.1) is 11.9 Å². The van der Waals surface area contributed by atoms with Gasteiger partial charge in [-0.1, -0.05) is 40.2 Å². The van der Waals surface area contributed by atoms with Crippen LogP contribution in [-0.4, -0.2) is 50.0 Å². The van der Waals surface area contributed by atoms with Gasteiger partial charge >= 0.3 is 0 Å². The zero-order valence-electron chi connectivity index (χ0n) is 19.9. The van der Waals surface area contributed by atoms with Crippen LogP contribution in [0.25, 0.3) is 0 Å². The Morgan fingerprint density at radius 3 is 2.18 bits per heavy atom. The van der Waals surface area contributed by atoms with Gasteiger partial charge in [0.25, 0.3) is 0 Å². The lowest BCUT2D eigenvalue weighted by Gasteiger charge is -2.32. The first kappa shape index (κ1) is 26.9. The summed E-state index contributed by atoms with van der Waals surface area (Å²) in [6.45, 7) is 8.77. The van der Waals surface area contributed by atoms with E-state index in [0.717, 1.165) is 31.7 Å². The van der Waals surface area contributed by atoms with Crippen molar-refractivity contribution in [2.24, 2.45) is 0 Å². The molecule has 9 heteroatoms. The van der Waals surface area contributed by atoms with Gasteiger partial charge in [-0.05, 0) is 69.5 Å². The highest BCUT2D eigenvalue weighted by atomic mass is 79.9. The number of halogens is 1. The molecule has 2 aromatic rings. The zero-order valence-corrected chi connectivity index (χ0v) is 22.3. The molecule has 0 aromatic heterocycles. The fourth-order valence-electron chi connectivity index (χ4n) is 3.36. The van der Waals surface area contributed by atoms with Crippen LogP contribution in [0.4, 0.5) is 5.69 Å². The van der Waals surface area contributed by atoms with Gasteiger partial charge < -0.3 is 10.2 Å². The molecule has 0 aliphatic carbocycles. The van der Waals surface area contributed by atoms with E-state index in [4.69, 9.17) is 0 Å². The first-order valence-electron chi connectivity index (χ1n) is 10.7. The van der Waals surface area contributed by atoms with Crippen LogP contribution in [0, 0.1) is 13.8 Å². The molecule has 33 heavy (non-hydrogen) atoms. The molecule has 1 unspecified atom stereocenters. The predicted molar refractivity (Wildman–Crippen MR) is 136 cm³/mol. The molecule has 1 atom stereocenters. The number of carbonyl (C=O) groups excluding carboxylic acids is 2. The standard InChI is InChI=1S/C24H32BrN3O4S/c1-16(2)26-24(30)19(5)27(14-20-9-11-21(25)12-10-20)23(29)15-28(33(6,31)32)22-13-17(3)7-8-18(22)4/h7-13,16,19H,14-15H2,1-6H3,(H,26,30). The molecule has 0 bridgehead atoms. The SMILES string of the molecule is Cc1ccc(C)c(N(CC(=O)N(Cc2ccc(Br)cc2)C(C)C(=O)NC(C)C)S(C)(=O)=O)c1. The van der Waals surface area contributed by atoms with E-state index in [-0.39, 0.29) is 18.5 Å². The minimum atomic E-state index is -3.75. The van der Waals surface area contributed by atoms with Crippen molar-refractivity contribution in [1.29, 1.82) is 0 Å². The first-order valence-corrected chi connectivity index (χ1v) is 13.3. The largest absolute Gasteiger partial charge is 0.352 e. The Hall–Kier alpha value is -2.39. The van der Waals surface area contributed by atoms with Crippen molar-refractivity contribution in [2.75, 3.05) is 17.1 Å². The third-order valence-electron chi connectivity index (χ3n) is 5.18. The Kier molecular flexibility index (Phi) is 9.08. The Labute approximate surface area is 205 Å². The van der Waals surface area contributed by atoms with Crippen LogP contribution < -0.4 is 9.62 Å². The minimum absolute atomic E-state index is 0.0907. The van der Waals surface area contributed by atoms with Crippen molar-refractivity contribution in [1.82, 2.24) is 10.2 Å². The molecular formula is C24H32BrN3O4S. The number of sulfonamides is 1. The summed E-state index contributed by atoms with van der Waals surface area (Å²) in [6, 6.07) is 12.0. The van der Waals surface area contributed by atoms with Crippen LogP contribution in [0.3, 0.4) is 0 Å². The average molecular weight is 539 g/mol. The van der Waals surface area contributed by atoms with Gasteiger partial charge in [0.2, 0.25) is 21.8 Å². The van der Waals surface area contributed by atoms with E-state index in [1.54, 1.807) is 19.9 Å². The van der Waals surface area contributed by atoms with Gasteiger partial charge in [-0.15, -0.1) is 0 Å². The van der Waals surface area contributed by atoms with Crippen molar-refractivity contribution in [3.05, 3.63) is 63.6 Å². The van der Waals surface area contributed by atoms with Crippen LogP contribution in [0.15, 0.2) is 46.9 Å². The van der Waals surface area contributed by atoms with E-state index in [1.165, 1.54) is 4.90 Å². The topological polar surface area (TPSA) is 86.8 Å². The molecule has 0 radical (unpaired) electrons. The number of nitrogens with one attached hydrogen (secondary N) is 1. The number of anilines is 1. The minimum Gasteiger partial charge on any atom is -0.352 e. The number of hydrogen-bond donors (Lipinski definition) is 1. The molecule has 0 heterocycles. The van der Waals surface area contributed by atoms with Crippen LogP contribution in [0.2, 0.25) is 0 Å². The van der Waals surface area contributed by atoms with E-state index in [1.807, 2.05) is 57.2 Å². The van der Waals surface area contributed by atoms with Gasteiger partial charge in [-0.3, -0.25) is 13.9 Å². The van der Waals surface area contributed by atoms with Gasteiger partial charge in [-0.25, -0.2) is 8.42 Å². The monoisotopic (exact) mass is 537 g/mol. The molecule has 2 rings (SSSR count). The van der Waals surface area contributed by atoms with Crippen LogP contribution in [-0.2, 0) is 26.2 Å². The molecule has 0 aliphatic heterocycles. The Balaban J connectivity index is 2.42. The molecule has 0 spiro atoms. The molecule has 2 aromatic carbocycles. The molecule has 2 amide bonds. The van der Waals surface area contributed by atoms with Crippen molar-refractivity contribution in [2.45, 2.75) is 53.2 Å². The van der Waals surface area contributed by atoms with Crippen LogP contribution >= 0.6 is 15.9 Å². The number of carbonyl (C=O) groups is 2. The number of nitrogens with zero attached hydrogens (tertiary/aromatic N) is 2. The Bertz CT molecular complexity index is 1100. The van der Waals surface area contributed by atoms with Crippen molar-refractivity contribution >= 4 is 43.5 Å². The third-order valence-corrected chi connectivity index (χ3v) is 6.83. The van der Waals surface area contributed by atoms with E-state index in [9.17, 15) is 18.0 Å². The molecule has 0 saturated carbocycles. The van der Waals surface area contributed by atoms with E-state index >= 15 is 0 Å². The van der Waals surface area contributed by atoms with Crippen molar-refractivity contribution in [3.8, 4) is 0 Å². The maximum absolute atomic E-state index is 13.5. The van der Waals surface area contributed by atoms with Gasteiger partial charge in [0, 0.05) is 17.1 Å². The molecule has 180 valence electrons. The highest BCUT2D eigenvalue weighted by Gasteiger charge is 2.30. The summed E-state index contributed by atoms with van der Waals surface area (Å²) in [5, 5.41) is 2.83. The number of aryl methyl sites for hydroxylation is 2. The second-order valence-electron chi connectivity index (χ2n) is 8.55. The van der Waals surface area contributed by atoms with E-state index < -0.39 is 28.5 Å². The fourth-order valence-corrected chi connectivity index (χ4v) is 4.52. The van der Waals surface area contributed by atoms with Gasteiger partial charge in [0.15, 0.2) is 0 Å². The molecule has 0 fully saturated rings. The number of amides is 2. The van der Waals surface area contributed by atoms with Crippen LogP contribution in [0.5, 0.6) is 0 Å². The Morgan fingerprint density at radius 2 is 1.64 bits per heavy atom. The van der Waals surface area contributed by atoms with E-state index in [2.05, 4.69) is 21.2 Å². The second-order valence-corrected chi connectivity index (χ2v) is 11.4. The summed E-state index contributed by atoms with van der Waals surface area (Å²) in [6.07, 6.45) is 1.08. The molecule has 0 saturated heterocycles. The van der Waals surface area contributed by atoms with Crippen LogP contribution in [0.1, 0.15) is 37.5 Å². The lowest BCUT2D eigenvalue weighted by atomic mass is 10.1. The second kappa shape index (κ2) is 11.2. The maximum atomic E-state index is 13.5. The molecule has 1 N–H and O–H groups in total. The van der Waals surface area contributed by atoms with Gasteiger partial charge in [-0.2, -0.15) is 0 Å². The highest BCUT2D eigenvalue weighted by Crippen LogP contribution is 2.24. The van der Waals surface area contributed by atoms with Crippen molar-refractivity contribution < 1.29 is 18.0 Å². The summed E-state index contributed by atoms with van der Waals surface area (Å²) in [5.74, 6) is -0.760. The summed E-state index contributed by atoms with van der Waals surface area (Å²) in [4.78, 5) is 27.7.